The first-order chi connectivity index (χ1) is 9.97. The molecule has 0 heterocycles. The Morgan fingerprint density at radius 1 is 0.810 bits per heavy atom. The average molecular weight is 284 g/mol. The lowest BCUT2D eigenvalue weighted by atomic mass is 9.87. The molecule has 0 aliphatic carbocycles. The molecular formula is C19H24O2. The van der Waals surface area contributed by atoms with E-state index in [1.165, 1.54) is 5.56 Å². The molecule has 0 N–H and O–H groups in total. The fraction of sp³-hybridized carbons (Fsp3) is 0.368. The zero-order valence-electron chi connectivity index (χ0n) is 13.3. The maximum atomic E-state index is 5.71. The molecule has 0 spiro atoms. The molecule has 0 aliphatic rings. The Morgan fingerprint density at radius 3 is 2.05 bits per heavy atom. The Kier molecular flexibility index (Phi) is 4.89. The van der Waals surface area contributed by atoms with Gasteiger partial charge >= 0.3 is 0 Å². The van der Waals surface area contributed by atoms with Crippen molar-refractivity contribution < 1.29 is 9.47 Å². The number of para-hydroxylation sites is 1. The van der Waals surface area contributed by atoms with Crippen molar-refractivity contribution in [3.63, 3.8) is 0 Å². The van der Waals surface area contributed by atoms with E-state index >= 15 is 0 Å². The van der Waals surface area contributed by atoms with Gasteiger partial charge in [-0.05, 0) is 41.7 Å². The molecule has 0 aromatic heterocycles. The number of benzene rings is 2. The Bertz CT molecular complexity index is 565. The van der Waals surface area contributed by atoms with E-state index in [1.807, 2.05) is 43.3 Å². The Balaban J connectivity index is 1.80. The third kappa shape index (κ3) is 4.52. The van der Waals surface area contributed by atoms with Crippen molar-refractivity contribution in [2.45, 2.75) is 33.1 Å². The minimum atomic E-state index is 0.173. The minimum absolute atomic E-state index is 0.173. The van der Waals surface area contributed by atoms with Gasteiger partial charge in [-0.3, -0.25) is 0 Å². The van der Waals surface area contributed by atoms with E-state index in [4.69, 9.17) is 9.47 Å². The quantitative estimate of drug-likeness (QED) is 0.738. The van der Waals surface area contributed by atoms with Crippen LogP contribution >= 0.6 is 0 Å². The molecule has 0 atom stereocenters. The van der Waals surface area contributed by atoms with Crippen molar-refractivity contribution >= 4 is 0 Å². The maximum Gasteiger partial charge on any atom is 0.122 e. The van der Waals surface area contributed by atoms with E-state index in [-0.39, 0.29) is 5.41 Å². The molecule has 112 valence electrons. The van der Waals surface area contributed by atoms with E-state index in [2.05, 4.69) is 32.9 Å². The molecule has 0 radical (unpaired) electrons. The van der Waals surface area contributed by atoms with Crippen molar-refractivity contribution in [3.8, 4) is 11.5 Å². The van der Waals surface area contributed by atoms with Gasteiger partial charge in [-0.15, -0.1) is 0 Å². The third-order valence-electron chi connectivity index (χ3n) is 3.42. The van der Waals surface area contributed by atoms with Crippen molar-refractivity contribution in [2.75, 3.05) is 13.2 Å². The first kappa shape index (κ1) is 15.4. The second kappa shape index (κ2) is 6.66. The van der Waals surface area contributed by atoms with Gasteiger partial charge in [-0.2, -0.15) is 0 Å². The second-order valence-electron chi connectivity index (χ2n) is 6.24. The summed E-state index contributed by atoms with van der Waals surface area (Å²) in [7, 11) is 0. The van der Waals surface area contributed by atoms with Gasteiger partial charge in [0.05, 0.1) is 0 Å². The molecule has 2 nitrogen and oxygen atoms in total. The number of aryl methyl sites for hydroxylation is 1. The van der Waals surface area contributed by atoms with Crippen LogP contribution in [0.1, 0.15) is 31.9 Å². The van der Waals surface area contributed by atoms with Gasteiger partial charge in [0.1, 0.15) is 24.7 Å². The SMILES string of the molecule is Cc1ccccc1OCCOc1ccc(C(C)(C)C)cc1. The molecule has 2 aromatic rings. The fourth-order valence-electron chi connectivity index (χ4n) is 2.08. The van der Waals surface area contributed by atoms with Crippen LogP contribution in [0.4, 0.5) is 0 Å². The van der Waals surface area contributed by atoms with E-state index in [0.717, 1.165) is 17.1 Å². The summed E-state index contributed by atoms with van der Waals surface area (Å²) in [4.78, 5) is 0. The Hall–Kier alpha value is -1.96. The first-order valence-electron chi connectivity index (χ1n) is 7.38. The van der Waals surface area contributed by atoms with Crippen LogP contribution in [0.5, 0.6) is 11.5 Å². The average Bonchev–Trinajstić information content (AvgIpc) is 2.45. The molecule has 0 saturated heterocycles. The Labute approximate surface area is 127 Å². The predicted molar refractivity (Wildman–Crippen MR) is 87.3 cm³/mol. The largest absolute Gasteiger partial charge is 0.490 e. The lowest BCUT2D eigenvalue weighted by Crippen LogP contribution is -2.11. The van der Waals surface area contributed by atoms with E-state index in [0.29, 0.717) is 13.2 Å². The van der Waals surface area contributed by atoms with Gasteiger partial charge in [0.2, 0.25) is 0 Å². The Morgan fingerprint density at radius 2 is 1.43 bits per heavy atom. The molecule has 2 heteroatoms. The van der Waals surface area contributed by atoms with Crippen LogP contribution in [0.25, 0.3) is 0 Å². The summed E-state index contributed by atoms with van der Waals surface area (Å²) in [5.41, 5.74) is 2.63. The molecular weight excluding hydrogens is 260 g/mol. The lowest BCUT2D eigenvalue weighted by Gasteiger charge is -2.19. The molecule has 2 aromatic carbocycles. The smallest absolute Gasteiger partial charge is 0.122 e. The van der Waals surface area contributed by atoms with E-state index in [1.54, 1.807) is 0 Å². The summed E-state index contributed by atoms with van der Waals surface area (Å²) >= 11 is 0. The monoisotopic (exact) mass is 284 g/mol. The highest BCUT2D eigenvalue weighted by atomic mass is 16.5. The lowest BCUT2D eigenvalue weighted by molar-refractivity contribution is 0.216. The first-order valence-corrected chi connectivity index (χ1v) is 7.38. The van der Waals surface area contributed by atoms with Crippen LogP contribution in [-0.2, 0) is 5.41 Å². The zero-order valence-corrected chi connectivity index (χ0v) is 13.3. The number of hydrogen-bond donors (Lipinski definition) is 0. The van der Waals surface area contributed by atoms with Crippen molar-refractivity contribution in [2.24, 2.45) is 0 Å². The number of ether oxygens (including phenoxy) is 2. The van der Waals surface area contributed by atoms with Crippen molar-refractivity contribution in [1.29, 1.82) is 0 Å². The highest BCUT2D eigenvalue weighted by molar-refractivity contribution is 5.32. The third-order valence-corrected chi connectivity index (χ3v) is 3.42. The van der Waals surface area contributed by atoms with Crippen LogP contribution in [-0.4, -0.2) is 13.2 Å². The van der Waals surface area contributed by atoms with Gasteiger partial charge in [0, 0.05) is 0 Å². The molecule has 0 bridgehead atoms. The summed E-state index contributed by atoms with van der Waals surface area (Å²) in [5.74, 6) is 1.81. The normalized spacial score (nSPS) is 11.2. The second-order valence-corrected chi connectivity index (χ2v) is 6.24. The van der Waals surface area contributed by atoms with Crippen LogP contribution in [0.2, 0.25) is 0 Å². The molecule has 21 heavy (non-hydrogen) atoms. The van der Waals surface area contributed by atoms with E-state index < -0.39 is 0 Å². The fourth-order valence-corrected chi connectivity index (χ4v) is 2.08. The maximum absolute atomic E-state index is 5.71. The highest BCUT2D eigenvalue weighted by Crippen LogP contribution is 2.24. The minimum Gasteiger partial charge on any atom is -0.490 e. The van der Waals surface area contributed by atoms with Crippen molar-refractivity contribution in [3.05, 3.63) is 59.7 Å². The molecule has 0 aliphatic heterocycles. The van der Waals surface area contributed by atoms with Gasteiger partial charge in [0.15, 0.2) is 0 Å². The zero-order chi connectivity index (χ0) is 15.3. The number of hydrogen-bond acceptors (Lipinski definition) is 2. The van der Waals surface area contributed by atoms with Gasteiger partial charge in [-0.25, -0.2) is 0 Å². The molecule has 0 saturated carbocycles. The predicted octanol–water partition coefficient (Wildman–Crippen LogP) is 4.75. The van der Waals surface area contributed by atoms with Crippen LogP contribution in [0.15, 0.2) is 48.5 Å². The van der Waals surface area contributed by atoms with E-state index in [9.17, 15) is 0 Å². The molecule has 0 unspecified atom stereocenters. The number of rotatable bonds is 5. The summed E-state index contributed by atoms with van der Waals surface area (Å²) in [5, 5.41) is 0. The van der Waals surface area contributed by atoms with Crippen LogP contribution in [0, 0.1) is 6.92 Å². The summed E-state index contributed by atoms with van der Waals surface area (Å²) in [6, 6.07) is 16.3. The standard InChI is InChI=1S/C19H24O2/c1-15-7-5-6-8-18(15)21-14-13-20-17-11-9-16(10-12-17)19(2,3)4/h5-12H,13-14H2,1-4H3. The van der Waals surface area contributed by atoms with Crippen molar-refractivity contribution in [1.82, 2.24) is 0 Å². The molecule has 0 amide bonds. The summed E-state index contributed by atoms with van der Waals surface area (Å²) < 4.78 is 11.4. The van der Waals surface area contributed by atoms with Gasteiger partial charge in [-0.1, -0.05) is 51.1 Å². The van der Waals surface area contributed by atoms with Gasteiger partial charge < -0.3 is 9.47 Å². The van der Waals surface area contributed by atoms with Crippen LogP contribution < -0.4 is 9.47 Å². The summed E-state index contributed by atoms with van der Waals surface area (Å²) in [6.45, 7) is 9.76. The van der Waals surface area contributed by atoms with Crippen LogP contribution in [0.3, 0.4) is 0 Å². The molecule has 0 fully saturated rings. The van der Waals surface area contributed by atoms with Gasteiger partial charge in [0.25, 0.3) is 0 Å². The highest BCUT2D eigenvalue weighted by Gasteiger charge is 2.12. The summed E-state index contributed by atoms with van der Waals surface area (Å²) in [6.07, 6.45) is 0. The topological polar surface area (TPSA) is 18.5 Å². The molecule has 2 rings (SSSR count).